The first-order valence-corrected chi connectivity index (χ1v) is 9.34. The van der Waals surface area contributed by atoms with Gasteiger partial charge >= 0.3 is 12.0 Å². The molecule has 0 aliphatic carbocycles. The van der Waals surface area contributed by atoms with Crippen molar-refractivity contribution in [2.75, 3.05) is 31.8 Å². The number of hydrogen-bond donors (Lipinski definition) is 1. The van der Waals surface area contributed by atoms with Crippen molar-refractivity contribution < 1.29 is 22.7 Å². The summed E-state index contributed by atoms with van der Waals surface area (Å²) in [6, 6.07) is 5.13. The molecule has 0 bridgehead atoms. The third-order valence-corrected chi connectivity index (χ3v) is 4.69. The second-order valence-corrected chi connectivity index (χ2v) is 7.80. The van der Waals surface area contributed by atoms with Gasteiger partial charge in [-0.2, -0.15) is 4.31 Å². The number of nitrogens with one attached hydrogen (secondary N) is 1. The van der Waals surface area contributed by atoms with Gasteiger partial charge in [0.25, 0.3) is 0 Å². The molecule has 2 atom stereocenters. The molecule has 1 N–H and O–H groups in total. The molecule has 0 aliphatic heterocycles. The Morgan fingerprint density at radius 2 is 1.83 bits per heavy atom. The fourth-order valence-electron chi connectivity index (χ4n) is 2.08. The van der Waals surface area contributed by atoms with Crippen LogP contribution in [-0.4, -0.2) is 58.6 Å². The Bertz CT molecular complexity index is 691. The number of sulfonamides is 1. The lowest BCUT2D eigenvalue weighted by atomic mass is 10.1. The first-order chi connectivity index (χ1) is 11.1. The number of ether oxygens (including phenoxy) is 1. The second kappa shape index (κ2) is 8.41. The maximum Gasteiger partial charge on any atom is 0.335 e. The first kappa shape index (κ1) is 20.3. The Labute approximate surface area is 144 Å². The number of rotatable bonds is 6. The Hall–Kier alpha value is -1.70. The number of methoxy groups -OCH3 is 1. The van der Waals surface area contributed by atoms with Crippen LogP contribution in [0.25, 0.3) is 0 Å². The summed E-state index contributed by atoms with van der Waals surface area (Å²) in [5.41, 5.74) is 1.02. The van der Waals surface area contributed by atoms with E-state index in [-0.39, 0.29) is 11.7 Å². The van der Waals surface area contributed by atoms with Crippen LogP contribution in [0, 0.1) is 0 Å². The first-order valence-electron chi connectivity index (χ1n) is 6.98. The smallest absolute Gasteiger partial charge is 0.335 e. The highest BCUT2D eigenvalue weighted by Gasteiger charge is 2.25. The summed E-state index contributed by atoms with van der Waals surface area (Å²) in [4.78, 5) is 23.6. The van der Waals surface area contributed by atoms with Crippen molar-refractivity contribution in [3.8, 4) is 0 Å². The van der Waals surface area contributed by atoms with E-state index in [1.54, 1.807) is 23.9 Å². The second-order valence-electron chi connectivity index (χ2n) is 5.16. The molecule has 8 nitrogen and oxygen atoms in total. The van der Waals surface area contributed by atoms with Gasteiger partial charge in [0.1, 0.15) is 6.04 Å². The van der Waals surface area contributed by atoms with Crippen LogP contribution in [0.1, 0.15) is 5.56 Å². The van der Waals surface area contributed by atoms with E-state index in [0.29, 0.717) is 10.7 Å². The minimum atomic E-state index is -3.76. The molecule has 0 heterocycles. The molecule has 0 saturated carbocycles. The lowest BCUT2D eigenvalue weighted by molar-refractivity contribution is -0.144. The largest absolute Gasteiger partial charge is 0.468 e. The SMILES string of the molecule is CNC(=O)N(c1ccc(C[C@@H](C(=O)OC)N(C)P)cc1)S(C)(=O)=O. The van der Waals surface area contributed by atoms with Gasteiger partial charge in [0.15, 0.2) is 0 Å². The zero-order valence-electron chi connectivity index (χ0n) is 14.0. The predicted molar refractivity (Wildman–Crippen MR) is 95.2 cm³/mol. The zero-order valence-corrected chi connectivity index (χ0v) is 16.0. The standard InChI is InChI=1S/C14H22N3O5PS/c1-15-14(19)17(24(4,20)21)11-7-5-10(6-8-11)9-12(16(2)23)13(18)22-3/h5-8,12H,9,23H2,1-4H3,(H,15,19)/t12-/m0/s1. The highest BCUT2D eigenvalue weighted by Crippen LogP contribution is 2.20. The van der Waals surface area contributed by atoms with E-state index in [9.17, 15) is 18.0 Å². The fraction of sp³-hybridized carbons (Fsp3) is 0.429. The quantitative estimate of drug-likeness (QED) is 0.578. The fourth-order valence-corrected chi connectivity index (χ4v) is 3.21. The average Bonchev–Trinajstić information content (AvgIpc) is 2.51. The van der Waals surface area contributed by atoms with Crippen molar-refractivity contribution >= 4 is 37.1 Å². The Kier molecular flexibility index (Phi) is 7.13. The van der Waals surface area contributed by atoms with Crippen LogP contribution in [0.2, 0.25) is 0 Å². The number of nitrogens with zero attached hydrogens (tertiary/aromatic N) is 2. The molecule has 0 saturated heterocycles. The van der Waals surface area contributed by atoms with E-state index in [2.05, 4.69) is 14.7 Å². The molecule has 134 valence electrons. The van der Waals surface area contributed by atoms with Crippen molar-refractivity contribution in [3.05, 3.63) is 29.8 Å². The molecule has 1 aromatic carbocycles. The Morgan fingerprint density at radius 1 is 1.29 bits per heavy atom. The zero-order chi connectivity index (χ0) is 18.5. The van der Waals surface area contributed by atoms with E-state index >= 15 is 0 Å². The molecule has 0 spiro atoms. The van der Waals surface area contributed by atoms with Crippen LogP contribution < -0.4 is 9.62 Å². The van der Waals surface area contributed by atoms with E-state index in [1.807, 2.05) is 0 Å². The van der Waals surface area contributed by atoms with Gasteiger partial charge in [-0.25, -0.2) is 13.2 Å². The van der Waals surface area contributed by atoms with Gasteiger partial charge in [-0.3, -0.25) is 9.46 Å². The van der Waals surface area contributed by atoms with Crippen LogP contribution in [0.5, 0.6) is 0 Å². The molecular weight excluding hydrogens is 353 g/mol. The normalized spacial score (nSPS) is 12.6. The number of esters is 1. The maximum atomic E-state index is 11.8. The van der Waals surface area contributed by atoms with Crippen molar-refractivity contribution in [1.29, 1.82) is 0 Å². The molecule has 1 rings (SSSR count). The maximum absolute atomic E-state index is 11.8. The summed E-state index contributed by atoms with van der Waals surface area (Å²) in [6.45, 7) is 0. The molecule has 24 heavy (non-hydrogen) atoms. The molecule has 2 amide bonds. The molecule has 1 unspecified atom stereocenters. The number of likely N-dealkylation sites (N-methyl/N-ethyl adjacent to an activating group) is 1. The van der Waals surface area contributed by atoms with Crippen molar-refractivity contribution in [2.24, 2.45) is 0 Å². The number of hydrogen-bond acceptors (Lipinski definition) is 6. The van der Waals surface area contributed by atoms with Gasteiger partial charge in [-0.1, -0.05) is 21.5 Å². The number of anilines is 1. The average molecular weight is 375 g/mol. The molecule has 1 aromatic rings. The lowest BCUT2D eigenvalue weighted by Gasteiger charge is -2.22. The van der Waals surface area contributed by atoms with Gasteiger partial charge in [-0.05, 0) is 31.2 Å². The molecule has 0 fully saturated rings. The molecule has 10 heteroatoms. The van der Waals surface area contributed by atoms with Crippen LogP contribution in [0.15, 0.2) is 24.3 Å². The van der Waals surface area contributed by atoms with Crippen LogP contribution in [0.3, 0.4) is 0 Å². The van der Waals surface area contributed by atoms with Crippen LogP contribution in [-0.2, 0) is 26.0 Å². The number of benzene rings is 1. The summed E-state index contributed by atoms with van der Waals surface area (Å²) in [5.74, 6) is -0.375. The topological polar surface area (TPSA) is 96.0 Å². The summed E-state index contributed by atoms with van der Waals surface area (Å²) < 4.78 is 30.7. The highest BCUT2D eigenvalue weighted by atomic mass is 32.2. The third-order valence-electron chi connectivity index (χ3n) is 3.29. The van der Waals surface area contributed by atoms with E-state index in [1.165, 1.54) is 26.3 Å². The monoisotopic (exact) mass is 375 g/mol. The van der Waals surface area contributed by atoms with Crippen molar-refractivity contribution in [3.63, 3.8) is 0 Å². The van der Waals surface area contributed by atoms with E-state index in [0.717, 1.165) is 11.8 Å². The summed E-state index contributed by atoms with van der Waals surface area (Å²) in [6.07, 6.45) is 1.33. The number of carbonyl (C=O) groups is 2. The number of urea groups is 1. The molecular formula is C14H22N3O5PS. The highest BCUT2D eigenvalue weighted by molar-refractivity contribution is 7.92. The van der Waals surface area contributed by atoms with Gasteiger partial charge in [0, 0.05) is 7.05 Å². The summed E-state index contributed by atoms with van der Waals surface area (Å²) in [5, 5.41) is 2.29. The van der Waals surface area contributed by atoms with Gasteiger partial charge in [0.2, 0.25) is 10.0 Å². The van der Waals surface area contributed by atoms with Crippen LogP contribution in [0.4, 0.5) is 10.5 Å². The van der Waals surface area contributed by atoms with Gasteiger partial charge in [0.05, 0.1) is 19.1 Å². The number of amides is 2. The Balaban J connectivity index is 3.07. The van der Waals surface area contributed by atoms with Gasteiger partial charge in [-0.15, -0.1) is 0 Å². The van der Waals surface area contributed by atoms with Crippen molar-refractivity contribution in [2.45, 2.75) is 12.5 Å². The Morgan fingerprint density at radius 3 is 2.21 bits per heavy atom. The molecule has 0 aliphatic rings. The van der Waals surface area contributed by atoms with Gasteiger partial charge < -0.3 is 10.1 Å². The van der Waals surface area contributed by atoms with E-state index in [4.69, 9.17) is 4.74 Å². The van der Waals surface area contributed by atoms with Crippen molar-refractivity contribution in [1.82, 2.24) is 9.99 Å². The van der Waals surface area contributed by atoms with E-state index < -0.39 is 22.1 Å². The lowest BCUT2D eigenvalue weighted by Crippen LogP contribution is -2.42. The third kappa shape index (κ3) is 5.15. The molecule has 0 radical (unpaired) electrons. The molecule has 0 aromatic heterocycles. The number of carbonyl (C=O) groups excluding carboxylic acids is 2. The minimum absolute atomic E-state index is 0.217. The minimum Gasteiger partial charge on any atom is -0.468 e. The van der Waals surface area contributed by atoms with Crippen LogP contribution >= 0.6 is 9.39 Å². The predicted octanol–water partition coefficient (Wildman–Crippen LogP) is 0.598. The summed E-state index contributed by atoms with van der Waals surface area (Å²) in [7, 11) is 3.06. The summed E-state index contributed by atoms with van der Waals surface area (Å²) >= 11 is 0.